The van der Waals surface area contributed by atoms with Crippen LogP contribution in [0.3, 0.4) is 0 Å². The summed E-state index contributed by atoms with van der Waals surface area (Å²) in [5.74, 6) is 0.741. The average Bonchev–Trinajstić information content (AvgIpc) is 2.06. The molecular formula is C4H10N2. The Hall–Kier alpha value is -0.0800. The van der Waals surface area contributed by atoms with Crippen LogP contribution in [-0.4, -0.2) is 6.17 Å². The first-order valence-electron chi connectivity index (χ1n) is 2.32. The highest BCUT2D eigenvalue weighted by molar-refractivity contribution is 4.73. The van der Waals surface area contributed by atoms with E-state index in [2.05, 4.69) is 24.7 Å². The quantitative estimate of drug-likeness (QED) is 0.444. The maximum Gasteiger partial charge on any atom is 0.0855 e. The van der Waals surface area contributed by atoms with Gasteiger partial charge in [0.1, 0.15) is 0 Å². The number of rotatable bonds is 1. The maximum absolute atomic E-state index is 2.98. The molecule has 0 amide bonds. The molecule has 2 nitrogen and oxygen atoms in total. The van der Waals surface area contributed by atoms with E-state index in [1.165, 1.54) is 0 Å². The van der Waals surface area contributed by atoms with Gasteiger partial charge in [0, 0.05) is 0 Å². The summed E-state index contributed by atoms with van der Waals surface area (Å²) in [4.78, 5) is 0. The molecule has 1 saturated heterocycles. The van der Waals surface area contributed by atoms with Crippen LogP contribution < -0.4 is 10.9 Å². The van der Waals surface area contributed by atoms with Gasteiger partial charge in [0.2, 0.25) is 0 Å². The van der Waals surface area contributed by atoms with E-state index in [1.54, 1.807) is 0 Å². The zero-order valence-corrected chi connectivity index (χ0v) is 4.15. The normalized spacial score (nSPS) is 22.5. The Morgan fingerprint density at radius 2 is 1.83 bits per heavy atom. The Morgan fingerprint density at radius 3 is 1.83 bits per heavy atom. The number of hydrazine groups is 1. The molecule has 1 heterocycles. The second-order valence-corrected chi connectivity index (χ2v) is 2.01. The molecule has 0 unspecified atom stereocenters. The Labute approximate surface area is 37.9 Å². The van der Waals surface area contributed by atoms with E-state index in [1.807, 2.05) is 0 Å². The van der Waals surface area contributed by atoms with Gasteiger partial charge >= 0.3 is 0 Å². The first kappa shape index (κ1) is 4.09. The minimum atomic E-state index is 0.602. The molecule has 0 radical (unpaired) electrons. The van der Waals surface area contributed by atoms with E-state index < -0.39 is 0 Å². The molecule has 0 spiro atoms. The molecule has 1 aliphatic rings. The lowest BCUT2D eigenvalue weighted by molar-refractivity contribution is 0.620. The fraction of sp³-hybridized carbons (Fsp3) is 1.00. The lowest BCUT2D eigenvalue weighted by Gasteiger charge is -1.90. The van der Waals surface area contributed by atoms with E-state index in [0.29, 0.717) is 6.17 Å². The van der Waals surface area contributed by atoms with Crippen molar-refractivity contribution in [1.82, 2.24) is 10.9 Å². The summed E-state index contributed by atoms with van der Waals surface area (Å²) in [5.41, 5.74) is 5.97. The summed E-state index contributed by atoms with van der Waals surface area (Å²) in [5, 5.41) is 0. The molecule has 36 valence electrons. The van der Waals surface area contributed by atoms with Crippen molar-refractivity contribution in [3.05, 3.63) is 0 Å². The predicted molar refractivity (Wildman–Crippen MR) is 24.9 cm³/mol. The van der Waals surface area contributed by atoms with Gasteiger partial charge in [-0.15, -0.1) is 0 Å². The Bertz CT molecular complexity index is 47.5. The zero-order valence-electron chi connectivity index (χ0n) is 4.15. The van der Waals surface area contributed by atoms with E-state index >= 15 is 0 Å². The molecular weight excluding hydrogens is 76.1 g/mol. The minimum absolute atomic E-state index is 0.602. The van der Waals surface area contributed by atoms with Crippen LogP contribution in [0.5, 0.6) is 0 Å². The van der Waals surface area contributed by atoms with Gasteiger partial charge in [0.15, 0.2) is 0 Å². The Kier molecular flexibility index (Phi) is 0.821. The molecule has 0 aliphatic carbocycles. The van der Waals surface area contributed by atoms with E-state index in [4.69, 9.17) is 0 Å². The molecule has 2 heteroatoms. The van der Waals surface area contributed by atoms with Crippen LogP contribution in [0.15, 0.2) is 0 Å². The molecule has 0 aromatic heterocycles. The van der Waals surface area contributed by atoms with Crippen molar-refractivity contribution in [2.45, 2.75) is 20.0 Å². The highest BCUT2D eigenvalue weighted by Gasteiger charge is 2.21. The summed E-state index contributed by atoms with van der Waals surface area (Å²) in [6, 6.07) is 0. The molecule has 0 saturated carbocycles. The number of nitrogens with one attached hydrogen (secondary N) is 2. The summed E-state index contributed by atoms with van der Waals surface area (Å²) in [6.45, 7) is 4.36. The Balaban J connectivity index is 2.13. The summed E-state index contributed by atoms with van der Waals surface area (Å²) in [6.07, 6.45) is 0.602. The maximum atomic E-state index is 2.98. The van der Waals surface area contributed by atoms with E-state index in [9.17, 15) is 0 Å². The second kappa shape index (κ2) is 1.21. The van der Waals surface area contributed by atoms with Gasteiger partial charge in [-0.05, 0) is 5.92 Å². The van der Waals surface area contributed by atoms with Gasteiger partial charge < -0.3 is 0 Å². The summed E-state index contributed by atoms with van der Waals surface area (Å²) in [7, 11) is 0. The van der Waals surface area contributed by atoms with E-state index in [0.717, 1.165) is 5.92 Å². The van der Waals surface area contributed by atoms with Crippen molar-refractivity contribution in [2.24, 2.45) is 5.92 Å². The molecule has 1 fully saturated rings. The molecule has 6 heavy (non-hydrogen) atoms. The highest BCUT2D eigenvalue weighted by atomic mass is 15.6. The molecule has 2 N–H and O–H groups in total. The zero-order chi connectivity index (χ0) is 4.57. The SMILES string of the molecule is CC(C)C1NN1. The van der Waals surface area contributed by atoms with Gasteiger partial charge in [0.05, 0.1) is 6.17 Å². The van der Waals surface area contributed by atoms with Gasteiger partial charge in [-0.3, -0.25) is 0 Å². The monoisotopic (exact) mass is 86.1 g/mol. The summed E-state index contributed by atoms with van der Waals surface area (Å²) >= 11 is 0. The highest BCUT2D eigenvalue weighted by Crippen LogP contribution is 2.02. The topological polar surface area (TPSA) is 43.9 Å². The van der Waals surface area contributed by atoms with Crippen molar-refractivity contribution in [3.63, 3.8) is 0 Å². The largest absolute Gasteiger partial charge is 0.238 e. The van der Waals surface area contributed by atoms with Crippen LogP contribution in [-0.2, 0) is 0 Å². The smallest absolute Gasteiger partial charge is 0.0855 e. The molecule has 1 aliphatic heterocycles. The third-order valence-electron chi connectivity index (χ3n) is 0.978. The summed E-state index contributed by atoms with van der Waals surface area (Å²) < 4.78 is 0. The van der Waals surface area contributed by atoms with Crippen molar-refractivity contribution >= 4 is 0 Å². The number of hydrogen-bond donors (Lipinski definition) is 2. The van der Waals surface area contributed by atoms with Crippen LogP contribution >= 0.6 is 0 Å². The lowest BCUT2D eigenvalue weighted by atomic mass is 10.2. The van der Waals surface area contributed by atoms with Crippen LogP contribution in [0.2, 0.25) is 0 Å². The lowest BCUT2D eigenvalue weighted by Crippen LogP contribution is -2.00. The fourth-order valence-corrected chi connectivity index (χ4v) is 0.381. The molecule has 0 aromatic carbocycles. The fourth-order valence-electron chi connectivity index (χ4n) is 0.381. The predicted octanol–water partition coefficient (Wildman–Crippen LogP) is 0.0763. The van der Waals surface area contributed by atoms with Gasteiger partial charge in [-0.1, -0.05) is 13.8 Å². The number of hydrogen-bond acceptors (Lipinski definition) is 2. The first-order chi connectivity index (χ1) is 2.80. The molecule has 1 rings (SSSR count). The van der Waals surface area contributed by atoms with Crippen molar-refractivity contribution in [2.75, 3.05) is 0 Å². The van der Waals surface area contributed by atoms with E-state index in [-0.39, 0.29) is 0 Å². The standard InChI is InChI=1S/C4H10N2/c1-3(2)4-5-6-4/h3-6H,1-2H3. The third-order valence-corrected chi connectivity index (χ3v) is 0.978. The van der Waals surface area contributed by atoms with Crippen molar-refractivity contribution in [3.8, 4) is 0 Å². The minimum Gasteiger partial charge on any atom is -0.238 e. The van der Waals surface area contributed by atoms with Crippen molar-refractivity contribution < 1.29 is 0 Å². The van der Waals surface area contributed by atoms with Crippen LogP contribution in [0.1, 0.15) is 13.8 Å². The molecule has 0 aromatic rings. The molecule has 0 atom stereocenters. The van der Waals surface area contributed by atoms with Gasteiger partial charge in [-0.2, -0.15) is 0 Å². The second-order valence-electron chi connectivity index (χ2n) is 2.01. The van der Waals surface area contributed by atoms with Crippen LogP contribution in [0.25, 0.3) is 0 Å². The third kappa shape index (κ3) is 0.698. The average molecular weight is 86.1 g/mol. The van der Waals surface area contributed by atoms with Gasteiger partial charge in [0.25, 0.3) is 0 Å². The van der Waals surface area contributed by atoms with Gasteiger partial charge in [-0.25, -0.2) is 10.9 Å². The van der Waals surface area contributed by atoms with Crippen molar-refractivity contribution in [1.29, 1.82) is 0 Å². The first-order valence-corrected chi connectivity index (χ1v) is 2.32. The molecule has 0 bridgehead atoms. The van der Waals surface area contributed by atoms with Crippen LogP contribution in [0, 0.1) is 5.92 Å². The van der Waals surface area contributed by atoms with Crippen LogP contribution in [0.4, 0.5) is 0 Å². The Morgan fingerprint density at radius 1 is 1.33 bits per heavy atom.